The van der Waals surface area contributed by atoms with Gasteiger partial charge in [0.2, 0.25) is 0 Å². The van der Waals surface area contributed by atoms with E-state index in [4.69, 9.17) is 0 Å². The lowest BCUT2D eigenvalue weighted by molar-refractivity contribution is 0.695. The molecule has 1 aliphatic rings. The van der Waals surface area contributed by atoms with Crippen molar-refractivity contribution in [3.8, 4) is 0 Å². The Kier molecular flexibility index (Phi) is 3.57. The molecule has 1 N–H and O–H groups in total. The van der Waals surface area contributed by atoms with Gasteiger partial charge in [0.1, 0.15) is 0 Å². The summed E-state index contributed by atoms with van der Waals surface area (Å²) < 4.78 is 0. The van der Waals surface area contributed by atoms with Gasteiger partial charge in [-0.3, -0.25) is 0 Å². The fourth-order valence-electron chi connectivity index (χ4n) is 1.81. The molecule has 1 aromatic rings. The van der Waals surface area contributed by atoms with Crippen molar-refractivity contribution < 1.29 is 0 Å². The average molecular weight is 201 g/mol. The molecule has 15 heavy (non-hydrogen) atoms. The van der Waals surface area contributed by atoms with E-state index in [1.165, 1.54) is 24.0 Å². The number of nitrogens with one attached hydrogen (secondary N) is 1. The third kappa shape index (κ3) is 3.21. The van der Waals surface area contributed by atoms with E-state index in [-0.39, 0.29) is 0 Å². The molecule has 0 amide bonds. The van der Waals surface area contributed by atoms with Gasteiger partial charge >= 0.3 is 0 Å². The molecule has 80 valence electrons. The molecular weight excluding hydrogens is 182 g/mol. The lowest BCUT2D eigenvalue weighted by Crippen LogP contribution is -2.13. The number of hydrogen-bond acceptors (Lipinski definition) is 1. The van der Waals surface area contributed by atoms with Gasteiger partial charge in [-0.05, 0) is 42.9 Å². The lowest BCUT2D eigenvalue weighted by Gasteiger charge is -2.05. The van der Waals surface area contributed by atoms with Crippen LogP contribution in [0.2, 0.25) is 0 Å². The SMILES string of the molecule is C=CCCNCc1cccc(C2CC2)c1. The second-order valence-electron chi connectivity index (χ2n) is 4.27. The first-order valence-corrected chi connectivity index (χ1v) is 5.80. The molecule has 0 spiro atoms. The predicted molar refractivity (Wildman–Crippen MR) is 64.9 cm³/mol. The van der Waals surface area contributed by atoms with Gasteiger partial charge in [-0.2, -0.15) is 0 Å². The van der Waals surface area contributed by atoms with Crippen LogP contribution >= 0.6 is 0 Å². The number of benzene rings is 1. The summed E-state index contributed by atoms with van der Waals surface area (Å²) in [5, 5.41) is 3.42. The first kappa shape index (κ1) is 10.4. The van der Waals surface area contributed by atoms with Gasteiger partial charge in [-0.15, -0.1) is 6.58 Å². The van der Waals surface area contributed by atoms with Gasteiger partial charge in [0, 0.05) is 6.54 Å². The average Bonchev–Trinajstić information content (AvgIpc) is 3.09. The van der Waals surface area contributed by atoms with Crippen LogP contribution in [0.5, 0.6) is 0 Å². The summed E-state index contributed by atoms with van der Waals surface area (Å²) in [6.07, 6.45) is 5.76. The molecule has 0 bridgehead atoms. The van der Waals surface area contributed by atoms with E-state index >= 15 is 0 Å². The molecule has 1 aromatic carbocycles. The highest BCUT2D eigenvalue weighted by atomic mass is 14.8. The maximum atomic E-state index is 3.71. The van der Waals surface area contributed by atoms with Crippen LogP contribution in [0.25, 0.3) is 0 Å². The summed E-state index contributed by atoms with van der Waals surface area (Å²) in [4.78, 5) is 0. The normalized spacial score (nSPS) is 15.2. The highest BCUT2D eigenvalue weighted by molar-refractivity contribution is 5.29. The summed E-state index contributed by atoms with van der Waals surface area (Å²) in [7, 11) is 0. The Morgan fingerprint density at radius 1 is 1.40 bits per heavy atom. The maximum absolute atomic E-state index is 3.71. The smallest absolute Gasteiger partial charge is 0.0205 e. The standard InChI is InChI=1S/C14H19N/c1-2-3-9-15-11-12-5-4-6-14(10-12)13-7-8-13/h2,4-6,10,13,15H,1,3,7-9,11H2. The van der Waals surface area contributed by atoms with Crippen LogP contribution in [-0.2, 0) is 6.54 Å². The fraction of sp³-hybridized carbons (Fsp3) is 0.429. The minimum atomic E-state index is 0.859. The summed E-state index contributed by atoms with van der Waals surface area (Å²) in [6, 6.07) is 8.98. The summed E-state index contributed by atoms with van der Waals surface area (Å²) in [5.74, 6) is 0.859. The molecule has 1 aliphatic carbocycles. The molecule has 0 aromatic heterocycles. The van der Waals surface area contributed by atoms with Crippen LogP contribution < -0.4 is 5.32 Å². The predicted octanol–water partition coefficient (Wildman–Crippen LogP) is 3.23. The Labute approximate surface area is 92.2 Å². The highest BCUT2D eigenvalue weighted by Gasteiger charge is 2.23. The second-order valence-corrected chi connectivity index (χ2v) is 4.27. The maximum Gasteiger partial charge on any atom is 0.0205 e. The third-order valence-electron chi connectivity index (χ3n) is 2.85. The molecule has 0 radical (unpaired) electrons. The van der Waals surface area contributed by atoms with Crippen molar-refractivity contribution in [3.05, 3.63) is 48.0 Å². The molecule has 0 aliphatic heterocycles. The first-order valence-electron chi connectivity index (χ1n) is 5.80. The molecule has 0 heterocycles. The minimum absolute atomic E-state index is 0.859. The monoisotopic (exact) mass is 201 g/mol. The van der Waals surface area contributed by atoms with Crippen LogP contribution in [0.1, 0.15) is 36.3 Å². The zero-order valence-electron chi connectivity index (χ0n) is 9.21. The van der Waals surface area contributed by atoms with Gasteiger partial charge in [0.15, 0.2) is 0 Å². The Morgan fingerprint density at radius 2 is 2.27 bits per heavy atom. The first-order chi connectivity index (χ1) is 7.40. The van der Waals surface area contributed by atoms with Crippen molar-refractivity contribution in [3.63, 3.8) is 0 Å². The van der Waals surface area contributed by atoms with Gasteiger partial charge < -0.3 is 5.32 Å². The largest absolute Gasteiger partial charge is 0.312 e. The van der Waals surface area contributed by atoms with Crippen LogP contribution in [0.3, 0.4) is 0 Å². The Balaban J connectivity index is 1.84. The van der Waals surface area contributed by atoms with E-state index in [0.29, 0.717) is 0 Å². The zero-order chi connectivity index (χ0) is 10.5. The summed E-state index contributed by atoms with van der Waals surface area (Å²) >= 11 is 0. The van der Waals surface area contributed by atoms with Crippen molar-refractivity contribution >= 4 is 0 Å². The van der Waals surface area contributed by atoms with Gasteiger partial charge in [0.05, 0.1) is 0 Å². The number of rotatable bonds is 6. The molecule has 1 fully saturated rings. The lowest BCUT2D eigenvalue weighted by atomic mass is 10.1. The van der Waals surface area contributed by atoms with E-state index < -0.39 is 0 Å². The van der Waals surface area contributed by atoms with Crippen LogP contribution in [0, 0.1) is 0 Å². The van der Waals surface area contributed by atoms with E-state index in [1.54, 1.807) is 0 Å². The van der Waals surface area contributed by atoms with E-state index in [0.717, 1.165) is 25.4 Å². The van der Waals surface area contributed by atoms with Crippen molar-refractivity contribution in [2.45, 2.75) is 31.7 Å². The zero-order valence-corrected chi connectivity index (χ0v) is 9.21. The minimum Gasteiger partial charge on any atom is -0.312 e. The molecule has 2 rings (SSSR count). The van der Waals surface area contributed by atoms with E-state index in [9.17, 15) is 0 Å². The van der Waals surface area contributed by atoms with Gasteiger partial charge in [-0.1, -0.05) is 30.3 Å². The summed E-state index contributed by atoms with van der Waals surface area (Å²) in [5.41, 5.74) is 2.93. The highest BCUT2D eigenvalue weighted by Crippen LogP contribution is 2.40. The third-order valence-corrected chi connectivity index (χ3v) is 2.85. The summed E-state index contributed by atoms with van der Waals surface area (Å²) in [6.45, 7) is 5.72. The molecular formula is C14H19N. The van der Waals surface area contributed by atoms with Crippen molar-refractivity contribution in [1.82, 2.24) is 5.32 Å². The fourth-order valence-corrected chi connectivity index (χ4v) is 1.81. The second kappa shape index (κ2) is 5.13. The Hall–Kier alpha value is -1.08. The number of hydrogen-bond donors (Lipinski definition) is 1. The van der Waals surface area contributed by atoms with Gasteiger partial charge in [0.25, 0.3) is 0 Å². The molecule has 1 saturated carbocycles. The van der Waals surface area contributed by atoms with E-state index in [1.807, 2.05) is 6.08 Å². The Bertz CT molecular complexity index is 326. The topological polar surface area (TPSA) is 12.0 Å². The van der Waals surface area contributed by atoms with E-state index in [2.05, 4.69) is 36.2 Å². The quantitative estimate of drug-likeness (QED) is 0.550. The molecule has 1 heteroatoms. The van der Waals surface area contributed by atoms with Crippen LogP contribution in [-0.4, -0.2) is 6.54 Å². The molecule has 0 unspecified atom stereocenters. The van der Waals surface area contributed by atoms with Crippen LogP contribution in [0.4, 0.5) is 0 Å². The van der Waals surface area contributed by atoms with Crippen LogP contribution in [0.15, 0.2) is 36.9 Å². The van der Waals surface area contributed by atoms with Crippen molar-refractivity contribution in [1.29, 1.82) is 0 Å². The molecule has 0 saturated heterocycles. The van der Waals surface area contributed by atoms with Crippen molar-refractivity contribution in [2.75, 3.05) is 6.54 Å². The van der Waals surface area contributed by atoms with Gasteiger partial charge in [-0.25, -0.2) is 0 Å². The Morgan fingerprint density at radius 3 is 3.00 bits per heavy atom. The van der Waals surface area contributed by atoms with Crippen molar-refractivity contribution in [2.24, 2.45) is 0 Å². The molecule has 0 atom stereocenters. The molecule has 1 nitrogen and oxygen atoms in total.